The molecular weight excluding hydrogens is 558 g/mol. The summed E-state index contributed by atoms with van der Waals surface area (Å²) in [6, 6.07) is 10.6. The second-order valence-corrected chi connectivity index (χ2v) is 11.4. The highest BCUT2D eigenvalue weighted by atomic mass is 19.1. The molecule has 0 saturated carbocycles. The molecule has 2 atom stereocenters. The lowest BCUT2D eigenvalue weighted by molar-refractivity contribution is -0.154. The molecule has 3 N–H and O–H groups in total. The molecule has 0 aliphatic heterocycles. The van der Waals surface area contributed by atoms with E-state index in [4.69, 9.17) is 20.5 Å². The van der Waals surface area contributed by atoms with E-state index < -0.39 is 29.2 Å². The Morgan fingerprint density at radius 3 is 2.35 bits per heavy atom. The first-order valence-electron chi connectivity index (χ1n) is 14.1. The third-order valence-corrected chi connectivity index (χ3v) is 6.88. The lowest BCUT2D eigenvalue weighted by atomic mass is 9.97. The fraction of sp³-hybridized carbons (Fsp3) is 0.375. The molecule has 0 saturated heterocycles. The van der Waals surface area contributed by atoms with Crippen LogP contribution in [0.5, 0.6) is 0 Å². The second-order valence-electron chi connectivity index (χ2n) is 11.4. The molecule has 1 aliphatic rings. The number of hydrogen-bond acceptors (Lipinski definition) is 7. The summed E-state index contributed by atoms with van der Waals surface area (Å²) in [5, 5.41) is 3.59. The molecule has 0 bridgehead atoms. The van der Waals surface area contributed by atoms with E-state index in [0.717, 1.165) is 0 Å². The van der Waals surface area contributed by atoms with Crippen molar-refractivity contribution in [3.05, 3.63) is 92.5 Å². The number of carbonyl (C=O) groups is 2. The summed E-state index contributed by atoms with van der Waals surface area (Å²) in [6.07, 6.45) is 5.19. The molecule has 0 fully saturated rings. The van der Waals surface area contributed by atoms with E-state index in [1.165, 1.54) is 41.0 Å². The zero-order valence-electron chi connectivity index (χ0n) is 24.4. The molecule has 4 rings (SSSR count). The minimum absolute atomic E-state index is 0.0293. The second kappa shape index (κ2) is 13.8. The van der Waals surface area contributed by atoms with Crippen molar-refractivity contribution in [2.75, 3.05) is 6.61 Å². The number of nitrogens with one attached hydrogen (secondary N) is 1. The standard InChI is InChI=1S/C32H36F2N4O5/c1-32(2,3)43-29(39)7-5-4-6-28-36-26-18-21(30(40)37-27(19-42-35)20-8-11-22(33)12-9-20)10-17-25(26)31(41)38(28)24-15-13-23(34)14-16-24/h8-9,11-18,21,27H,4-7,10,19,35H2,1-3H3,(H,37,40). The van der Waals surface area contributed by atoms with Crippen LogP contribution in [0.15, 0.2) is 53.3 Å². The van der Waals surface area contributed by atoms with Crippen LogP contribution in [0.25, 0.3) is 17.8 Å². The molecule has 0 radical (unpaired) electrons. The van der Waals surface area contributed by atoms with Gasteiger partial charge in [-0.2, -0.15) is 0 Å². The predicted molar refractivity (Wildman–Crippen MR) is 157 cm³/mol. The highest BCUT2D eigenvalue weighted by Gasteiger charge is 2.24. The van der Waals surface area contributed by atoms with Crippen LogP contribution in [0.1, 0.15) is 63.9 Å². The third kappa shape index (κ3) is 8.42. The van der Waals surface area contributed by atoms with Gasteiger partial charge in [0, 0.05) is 12.8 Å². The maximum atomic E-state index is 13.7. The van der Waals surface area contributed by atoms with Crippen molar-refractivity contribution in [2.24, 2.45) is 11.8 Å². The lowest BCUT2D eigenvalue weighted by Gasteiger charge is -2.22. The average molecular weight is 595 g/mol. The van der Waals surface area contributed by atoms with Crippen LogP contribution in [-0.2, 0) is 25.6 Å². The van der Waals surface area contributed by atoms with Gasteiger partial charge in [-0.05, 0) is 88.1 Å². The van der Waals surface area contributed by atoms with Gasteiger partial charge in [0.15, 0.2) is 0 Å². The third-order valence-electron chi connectivity index (χ3n) is 6.88. The SMILES string of the molecule is CC(C)(C)OC(=O)CCCCc1nc2c(c(=O)n1-c1ccc(F)cc1)=CCC(C(=O)NC(CON)c1ccc(F)cc1)C=2. The largest absolute Gasteiger partial charge is 0.460 e. The number of esters is 1. The highest BCUT2D eigenvalue weighted by molar-refractivity contribution is 5.85. The molecule has 2 aromatic carbocycles. The van der Waals surface area contributed by atoms with Gasteiger partial charge >= 0.3 is 5.97 Å². The van der Waals surface area contributed by atoms with E-state index in [-0.39, 0.29) is 36.9 Å². The minimum Gasteiger partial charge on any atom is -0.460 e. The normalized spacial score (nSPS) is 15.1. The van der Waals surface area contributed by atoms with Crippen molar-refractivity contribution in [3.8, 4) is 5.69 Å². The van der Waals surface area contributed by atoms with Gasteiger partial charge in [-0.25, -0.2) is 19.7 Å². The molecule has 43 heavy (non-hydrogen) atoms. The van der Waals surface area contributed by atoms with E-state index in [1.54, 1.807) is 45.1 Å². The average Bonchev–Trinajstić information content (AvgIpc) is 2.95. The molecule has 0 spiro atoms. The summed E-state index contributed by atoms with van der Waals surface area (Å²) in [7, 11) is 0. The number of fused-ring (bicyclic) bond motifs is 1. The van der Waals surface area contributed by atoms with Gasteiger partial charge in [0.25, 0.3) is 5.56 Å². The van der Waals surface area contributed by atoms with E-state index in [2.05, 4.69) is 5.32 Å². The lowest BCUT2D eigenvalue weighted by Crippen LogP contribution is -2.50. The van der Waals surface area contributed by atoms with Crippen molar-refractivity contribution < 1.29 is 27.9 Å². The highest BCUT2D eigenvalue weighted by Crippen LogP contribution is 2.18. The number of nitrogens with two attached hydrogens (primary N) is 1. The van der Waals surface area contributed by atoms with Crippen molar-refractivity contribution in [2.45, 2.75) is 64.5 Å². The van der Waals surface area contributed by atoms with E-state index in [9.17, 15) is 23.2 Å². The Labute approximate surface area is 248 Å². The van der Waals surface area contributed by atoms with E-state index >= 15 is 0 Å². The number of benzene rings is 2. The predicted octanol–water partition coefficient (Wildman–Crippen LogP) is 2.89. The Kier molecular flexibility index (Phi) is 10.2. The fourth-order valence-electron chi connectivity index (χ4n) is 4.86. The number of aromatic nitrogens is 2. The quantitative estimate of drug-likeness (QED) is 0.199. The van der Waals surface area contributed by atoms with Crippen molar-refractivity contribution in [1.82, 2.24) is 14.9 Å². The summed E-state index contributed by atoms with van der Waals surface area (Å²) in [4.78, 5) is 48.7. The number of amides is 1. The fourth-order valence-corrected chi connectivity index (χ4v) is 4.86. The van der Waals surface area contributed by atoms with Gasteiger partial charge in [0.1, 0.15) is 23.1 Å². The van der Waals surface area contributed by atoms with Crippen LogP contribution in [0.3, 0.4) is 0 Å². The number of halogens is 2. The first-order chi connectivity index (χ1) is 20.4. The minimum atomic E-state index is -0.637. The number of carbonyl (C=O) groups excluding carboxylic acids is 2. The van der Waals surface area contributed by atoms with Gasteiger partial charge in [-0.15, -0.1) is 0 Å². The zero-order chi connectivity index (χ0) is 31.1. The molecule has 1 heterocycles. The number of nitrogens with zero attached hydrogens (tertiary/aromatic N) is 2. The Morgan fingerprint density at radius 2 is 1.72 bits per heavy atom. The van der Waals surface area contributed by atoms with Crippen LogP contribution in [0.4, 0.5) is 8.78 Å². The van der Waals surface area contributed by atoms with Crippen LogP contribution in [0.2, 0.25) is 0 Å². The van der Waals surface area contributed by atoms with Crippen LogP contribution < -0.4 is 27.3 Å². The molecule has 228 valence electrons. The topological polar surface area (TPSA) is 126 Å². The monoisotopic (exact) mass is 594 g/mol. The maximum absolute atomic E-state index is 13.7. The molecule has 2 unspecified atom stereocenters. The van der Waals surface area contributed by atoms with Crippen LogP contribution >= 0.6 is 0 Å². The summed E-state index contributed by atoms with van der Waals surface area (Å²) in [5.41, 5.74) is 0.163. The van der Waals surface area contributed by atoms with E-state index in [1.807, 2.05) is 0 Å². The summed E-state index contributed by atoms with van der Waals surface area (Å²) in [6.45, 7) is 5.39. The van der Waals surface area contributed by atoms with Gasteiger partial charge in [0.05, 0.1) is 34.8 Å². The molecule has 1 amide bonds. The first kappa shape index (κ1) is 31.7. The van der Waals surface area contributed by atoms with E-state index in [0.29, 0.717) is 46.9 Å². The van der Waals surface area contributed by atoms with Crippen molar-refractivity contribution in [3.63, 3.8) is 0 Å². The first-order valence-corrected chi connectivity index (χ1v) is 14.1. The number of ether oxygens (including phenoxy) is 1. The number of hydrogen-bond donors (Lipinski definition) is 2. The maximum Gasteiger partial charge on any atom is 0.306 e. The molecule has 1 aliphatic carbocycles. The number of unbranched alkanes of at least 4 members (excludes halogenated alkanes) is 1. The molecule has 11 heteroatoms. The summed E-state index contributed by atoms with van der Waals surface area (Å²) in [5.74, 6) is 3.57. The molecule has 9 nitrogen and oxygen atoms in total. The van der Waals surface area contributed by atoms with Gasteiger partial charge < -0.3 is 14.9 Å². The summed E-state index contributed by atoms with van der Waals surface area (Å²) < 4.78 is 33.9. The van der Waals surface area contributed by atoms with Crippen LogP contribution in [-0.4, -0.2) is 33.6 Å². The van der Waals surface area contributed by atoms with Gasteiger partial charge in [-0.1, -0.05) is 18.2 Å². The Balaban J connectivity index is 1.61. The number of rotatable bonds is 11. The van der Waals surface area contributed by atoms with Gasteiger partial charge in [-0.3, -0.25) is 19.0 Å². The van der Waals surface area contributed by atoms with Gasteiger partial charge in [0.2, 0.25) is 5.91 Å². The van der Waals surface area contributed by atoms with Crippen molar-refractivity contribution in [1.29, 1.82) is 0 Å². The summed E-state index contributed by atoms with van der Waals surface area (Å²) >= 11 is 0. The zero-order valence-corrected chi connectivity index (χ0v) is 24.4. The van der Waals surface area contributed by atoms with Crippen molar-refractivity contribution >= 4 is 24.0 Å². The Hall–Kier alpha value is -4.22. The Morgan fingerprint density at radius 1 is 1.07 bits per heavy atom. The molecule has 1 aromatic heterocycles. The molecule has 3 aromatic rings. The smallest absolute Gasteiger partial charge is 0.306 e. The molecular formula is C32H36F2N4O5. The van der Waals surface area contributed by atoms with Crippen LogP contribution in [0, 0.1) is 17.6 Å². The Bertz CT molecular complexity index is 1630. The number of aryl methyl sites for hydroxylation is 1.